The molecule has 0 saturated heterocycles. The second-order valence-corrected chi connectivity index (χ2v) is 6.88. The van der Waals surface area contributed by atoms with Crippen LogP contribution in [0.3, 0.4) is 0 Å². The quantitative estimate of drug-likeness (QED) is 0.272. The molecule has 0 aliphatic heterocycles. The number of hydrogen-bond acceptors (Lipinski definition) is 4. The van der Waals surface area contributed by atoms with E-state index in [0.29, 0.717) is 13.1 Å². The zero-order valence-electron chi connectivity index (χ0n) is 18.0. The first-order chi connectivity index (χ1) is 14.8. The van der Waals surface area contributed by atoms with Crippen LogP contribution in [0.2, 0.25) is 0 Å². The molecular weight excluding hydrogens is 392 g/mol. The third kappa shape index (κ3) is 7.35. The Morgan fingerprint density at radius 2 is 1.52 bits per heavy atom. The van der Waals surface area contributed by atoms with E-state index < -0.39 is 0 Å². The fourth-order valence-corrected chi connectivity index (χ4v) is 2.69. The van der Waals surface area contributed by atoms with Gasteiger partial charge in [-0.2, -0.15) is 0 Å². The molecule has 0 atom stereocenters. The molecule has 0 heterocycles. The number of benzene rings is 2. The number of para-hydroxylation sites is 1. The van der Waals surface area contributed by atoms with E-state index in [9.17, 15) is 0 Å². The van der Waals surface area contributed by atoms with Gasteiger partial charge in [0.05, 0.1) is 0 Å². The highest BCUT2D eigenvalue weighted by molar-refractivity contribution is 6.02. The van der Waals surface area contributed by atoms with Crippen LogP contribution in [-0.4, -0.2) is 54.8 Å². The van der Waals surface area contributed by atoms with Crippen molar-refractivity contribution < 1.29 is 0 Å². The SMILES string of the molecule is CNC(=N)N(C)C(=N)NCc1cccc(CN(C)C(=N)NC(=N)Nc2ccccc2)c1. The maximum absolute atomic E-state index is 8.20. The molecular formula is C21H30N10. The summed E-state index contributed by atoms with van der Waals surface area (Å²) in [5, 5.41) is 43.2. The Labute approximate surface area is 182 Å². The highest BCUT2D eigenvalue weighted by Crippen LogP contribution is 2.08. The number of rotatable bonds is 5. The Hall–Kier alpha value is -4.08. The van der Waals surface area contributed by atoms with Gasteiger partial charge in [0.1, 0.15) is 0 Å². The first-order valence-corrected chi connectivity index (χ1v) is 9.67. The molecule has 10 nitrogen and oxygen atoms in total. The van der Waals surface area contributed by atoms with Gasteiger partial charge in [0.2, 0.25) is 0 Å². The van der Waals surface area contributed by atoms with Gasteiger partial charge in [-0.3, -0.25) is 31.9 Å². The zero-order chi connectivity index (χ0) is 22.8. The average molecular weight is 423 g/mol. The van der Waals surface area contributed by atoms with E-state index in [1.165, 1.54) is 4.90 Å². The van der Waals surface area contributed by atoms with Crippen LogP contribution in [0.25, 0.3) is 0 Å². The molecule has 10 heteroatoms. The van der Waals surface area contributed by atoms with Gasteiger partial charge in [-0.05, 0) is 23.3 Å². The Balaban J connectivity index is 1.86. The first-order valence-electron chi connectivity index (χ1n) is 9.67. The molecule has 0 aliphatic rings. The van der Waals surface area contributed by atoms with Crippen LogP contribution >= 0.6 is 0 Å². The van der Waals surface area contributed by atoms with Gasteiger partial charge in [-0.25, -0.2) is 0 Å². The van der Waals surface area contributed by atoms with Crippen LogP contribution in [0, 0.1) is 21.6 Å². The zero-order valence-corrected chi connectivity index (χ0v) is 18.0. The fraction of sp³-hybridized carbons (Fsp3) is 0.238. The van der Waals surface area contributed by atoms with Gasteiger partial charge in [-0.15, -0.1) is 0 Å². The van der Waals surface area contributed by atoms with Gasteiger partial charge < -0.3 is 20.9 Å². The summed E-state index contributed by atoms with van der Waals surface area (Å²) in [6.07, 6.45) is 0. The van der Waals surface area contributed by atoms with Gasteiger partial charge in [0.25, 0.3) is 0 Å². The number of nitrogens with zero attached hydrogens (tertiary/aromatic N) is 2. The lowest BCUT2D eigenvalue weighted by molar-refractivity contribution is 0.484. The molecule has 0 radical (unpaired) electrons. The van der Waals surface area contributed by atoms with Crippen LogP contribution in [0.4, 0.5) is 5.69 Å². The lowest BCUT2D eigenvalue weighted by Crippen LogP contribution is -2.45. The molecule has 2 aromatic carbocycles. The smallest absolute Gasteiger partial charge is 0.199 e. The van der Waals surface area contributed by atoms with Gasteiger partial charge in [0, 0.05) is 39.9 Å². The summed E-state index contributed by atoms with van der Waals surface area (Å²) in [7, 11) is 5.06. The minimum Gasteiger partial charge on any atom is -0.359 e. The molecule has 2 rings (SSSR count). The number of anilines is 1. The molecule has 0 aromatic heterocycles. The molecule has 0 bridgehead atoms. The number of hydrogen-bond donors (Lipinski definition) is 8. The molecule has 164 valence electrons. The number of nitrogens with one attached hydrogen (secondary N) is 8. The van der Waals surface area contributed by atoms with Crippen molar-refractivity contribution in [2.75, 3.05) is 26.5 Å². The van der Waals surface area contributed by atoms with Crippen molar-refractivity contribution in [3.05, 3.63) is 65.7 Å². The predicted molar refractivity (Wildman–Crippen MR) is 126 cm³/mol. The van der Waals surface area contributed by atoms with E-state index in [2.05, 4.69) is 21.3 Å². The highest BCUT2D eigenvalue weighted by Gasteiger charge is 2.10. The van der Waals surface area contributed by atoms with Gasteiger partial charge in [-0.1, -0.05) is 42.5 Å². The summed E-state index contributed by atoms with van der Waals surface area (Å²) in [5.41, 5.74) is 2.76. The minimum absolute atomic E-state index is 0.0239. The van der Waals surface area contributed by atoms with E-state index in [1.807, 2.05) is 54.6 Å². The fourth-order valence-electron chi connectivity index (χ4n) is 2.69. The lowest BCUT2D eigenvalue weighted by atomic mass is 10.1. The second-order valence-electron chi connectivity index (χ2n) is 6.88. The maximum atomic E-state index is 8.20. The van der Waals surface area contributed by atoms with Crippen molar-refractivity contribution in [2.45, 2.75) is 13.1 Å². The summed E-state index contributed by atoms with van der Waals surface area (Å²) in [6.45, 7) is 0.930. The molecule has 0 amide bonds. The first kappa shape index (κ1) is 23.2. The van der Waals surface area contributed by atoms with Crippen LogP contribution in [-0.2, 0) is 13.1 Å². The second kappa shape index (κ2) is 11.2. The van der Waals surface area contributed by atoms with Crippen molar-refractivity contribution in [3.63, 3.8) is 0 Å². The normalized spacial score (nSPS) is 9.90. The Bertz CT molecular complexity index is 925. The molecule has 0 fully saturated rings. The highest BCUT2D eigenvalue weighted by atomic mass is 15.3. The van der Waals surface area contributed by atoms with E-state index in [4.69, 9.17) is 21.6 Å². The monoisotopic (exact) mass is 422 g/mol. The van der Waals surface area contributed by atoms with Gasteiger partial charge >= 0.3 is 0 Å². The van der Waals surface area contributed by atoms with E-state index >= 15 is 0 Å². The van der Waals surface area contributed by atoms with Crippen LogP contribution in [0.15, 0.2) is 54.6 Å². The van der Waals surface area contributed by atoms with Crippen LogP contribution in [0.5, 0.6) is 0 Å². The standard InChI is InChI=1S/C21H30N10/c1-26-19(23)31(3)20(24)27-13-15-8-7-9-16(12-15)14-30(2)21(25)29-18(22)28-17-10-5-4-6-11-17/h4-12H,13-14H2,1-3H3,(H2,23,26)(H2,24,27)(H4,22,25,28,29). The molecule has 8 N–H and O–H groups in total. The van der Waals surface area contributed by atoms with Crippen LogP contribution < -0.4 is 21.3 Å². The molecule has 2 aromatic rings. The predicted octanol–water partition coefficient (Wildman–Crippen LogP) is 1.80. The molecule has 0 aliphatic carbocycles. The van der Waals surface area contributed by atoms with Crippen molar-refractivity contribution in [2.24, 2.45) is 0 Å². The molecule has 0 saturated carbocycles. The summed E-state index contributed by atoms with van der Waals surface area (Å²) in [4.78, 5) is 3.11. The van der Waals surface area contributed by atoms with Crippen molar-refractivity contribution in [1.29, 1.82) is 21.6 Å². The van der Waals surface area contributed by atoms with Crippen LogP contribution in [0.1, 0.15) is 11.1 Å². The third-order valence-corrected chi connectivity index (χ3v) is 4.45. The van der Waals surface area contributed by atoms with Gasteiger partial charge in [0.15, 0.2) is 23.8 Å². The molecule has 31 heavy (non-hydrogen) atoms. The van der Waals surface area contributed by atoms with Crippen molar-refractivity contribution in [3.8, 4) is 0 Å². The van der Waals surface area contributed by atoms with Crippen molar-refractivity contribution >= 4 is 29.5 Å². The topological polar surface area (TPSA) is 150 Å². The number of guanidine groups is 4. The average Bonchev–Trinajstić information content (AvgIpc) is 2.77. The third-order valence-electron chi connectivity index (χ3n) is 4.45. The van der Waals surface area contributed by atoms with E-state index in [-0.39, 0.29) is 23.8 Å². The Kier molecular flexibility index (Phi) is 8.38. The van der Waals surface area contributed by atoms with Crippen molar-refractivity contribution in [1.82, 2.24) is 25.8 Å². The summed E-state index contributed by atoms with van der Waals surface area (Å²) in [5.74, 6) is 0.380. The minimum atomic E-state index is 0.0239. The Morgan fingerprint density at radius 3 is 2.19 bits per heavy atom. The summed E-state index contributed by atoms with van der Waals surface area (Å²) < 4.78 is 0. The molecule has 0 unspecified atom stereocenters. The maximum Gasteiger partial charge on any atom is 0.199 e. The van der Waals surface area contributed by atoms with E-state index in [0.717, 1.165) is 16.8 Å². The van der Waals surface area contributed by atoms with E-state index in [1.54, 1.807) is 26.0 Å². The Morgan fingerprint density at radius 1 is 0.839 bits per heavy atom. The largest absolute Gasteiger partial charge is 0.359 e. The summed E-state index contributed by atoms with van der Waals surface area (Å²) in [6, 6.07) is 17.2. The summed E-state index contributed by atoms with van der Waals surface area (Å²) >= 11 is 0. The lowest BCUT2D eigenvalue weighted by Gasteiger charge is -2.22. The molecule has 0 spiro atoms.